The number of aromatic nitrogens is 5. The van der Waals surface area contributed by atoms with Gasteiger partial charge in [-0.3, -0.25) is 9.13 Å². The van der Waals surface area contributed by atoms with E-state index in [4.69, 9.17) is 15.0 Å². The van der Waals surface area contributed by atoms with Gasteiger partial charge in [0.25, 0.3) is 0 Å². The third-order valence-corrected chi connectivity index (χ3v) is 13.8. The molecule has 2 aliphatic carbocycles. The Morgan fingerprint density at radius 1 is 0.344 bits per heavy atom. The molecule has 7 nitrogen and oxygen atoms in total. The Morgan fingerprint density at radius 3 is 1.55 bits per heavy atom. The number of para-hydroxylation sites is 4. The summed E-state index contributed by atoms with van der Waals surface area (Å²) < 4.78 is 4.65. The topological polar surface area (TPSA) is 55.0 Å². The van der Waals surface area contributed by atoms with Crippen LogP contribution in [-0.4, -0.2) is 36.2 Å². The second-order valence-corrected chi connectivity index (χ2v) is 17.1. The number of hydrogen-bond acceptors (Lipinski definition) is 5. The fourth-order valence-electron chi connectivity index (χ4n) is 11.1. The molecule has 0 fully saturated rings. The molecule has 0 bridgehead atoms. The molecule has 5 aromatic carbocycles. The highest BCUT2D eigenvalue weighted by atomic mass is 15.3. The van der Waals surface area contributed by atoms with E-state index in [-0.39, 0.29) is 23.9 Å². The molecule has 0 spiro atoms. The first-order valence-corrected chi connectivity index (χ1v) is 22.1. The number of pyridine rings is 3. The Hall–Kier alpha value is -8.29. The van der Waals surface area contributed by atoms with Crippen LogP contribution >= 0.6 is 0 Å². The first-order valence-electron chi connectivity index (χ1n) is 22.1. The van der Waals surface area contributed by atoms with E-state index in [9.17, 15) is 0 Å². The second-order valence-electron chi connectivity index (χ2n) is 17.1. The molecule has 4 atom stereocenters. The van der Waals surface area contributed by atoms with Crippen molar-refractivity contribution < 1.29 is 0 Å². The van der Waals surface area contributed by atoms with Crippen LogP contribution in [0.1, 0.15) is 23.0 Å². The first kappa shape index (κ1) is 35.3. The average Bonchev–Trinajstić information content (AvgIpc) is 4.09. The van der Waals surface area contributed by atoms with Gasteiger partial charge < -0.3 is 9.80 Å². The number of anilines is 4. The highest BCUT2D eigenvalue weighted by Gasteiger charge is 2.41. The zero-order valence-electron chi connectivity index (χ0n) is 34.6. The molecule has 2 aliphatic heterocycles. The monoisotopic (exact) mass is 821 g/mol. The van der Waals surface area contributed by atoms with Crippen molar-refractivity contribution in [3.8, 4) is 23.0 Å². The normalized spacial score (nSPS) is 19.2. The van der Waals surface area contributed by atoms with Crippen molar-refractivity contribution in [1.82, 2.24) is 24.1 Å². The molecule has 14 rings (SSSR count). The van der Waals surface area contributed by atoms with Crippen LogP contribution in [0, 0.1) is 0 Å². The SMILES string of the molecule is C1=CC2c3ccccc3N(c3cccc(-n4c5ccccc5c5ccc6c(c54)N(c4cccc(-c5cccc(-n7c8ccccc8c8ccccc87)n5)n4)C4C=CC=CC64)n3)C2C=C1. The van der Waals surface area contributed by atoms with E-state index in [0.29, 0.717) is 0 Å². The Kier molecular flexibility index (Phi) is 7.51. The van der Waals surface area contributed by atoms with Crippen molar-refractivity contribution in [2.75, 3.05) is 9.80 Å². The molecule has 0 radical (unpaired) electrons. The van der Waals surface area contributed by atoms with Crippen LogP contribution in [0.5, 0.6) is 0 Å². The summed E-state index contributed by atoms with van der Waals surface area (Å²) in [5, 5.41) is 4.79. The van der Waals surface area contributed by atoms with Crippen LogP contribution in [0.15, 0.2) is 212 Å². The smallest absolute Gasteiger partial charge is 0.140 e. The quantitative estimate of drug-likeness (QED) is 0.173. The Labute approximate surface area is 369 Å². The summed E-state index contributed by atoms with van der Waals surface area (Å²) in [5.41, 5.74) is 11.1. The third kappa shape index (κ3) is 5.00. The largest absolute Gasteiger partial charge is 0.318 e. The first-order chi connectivity index (χ1) is 31.8. The van der Waals surface area contributed by atoms with Gasteiger partial charge >= 0.3 is 0 Å². The van der Waals surface area contributed by atoms with Crippen molar-refractivity contribution in [1.29, 1.82) is 0 Å². The minimum Gasteiger partial charge on any atom is -0.318 e. The minimum absolute atomic E-state index is 0.0279. The predicted octanol–water partition coefficient (Wildman–Crippen LogP) is 13.2. The summed E-state index contributed by atoms with van der Waals surface area (Å²) in [5.74, 6) is 3.95. The lowest BCUT2D eigenvalue weighted by atomic mass is 9.91. The molecular weight excluding hydrogens is 783 g/mol. The lowest BCUT2D eigenvalue weighted by molar-refractivity contribution is 0.737. The molecule has 0 saturated heterocycles. The molecular formula is C57H39N7. The van der Waals surface area contributed by atoms with Gasteiger partial charge in [-0.25, -0.2) is 15.0 Å². The van der Waals surface area contributed by atoms with E-state index < -0.39 is 0 Å². The Morgan fingerprint density at radius 2 is 0.844 bits per heavy atom. The van der Waals surface area contributed by atoms with E-state index >= 15 is 0 Å². The van der Waals surface area contributed by atoms with Crippen LogP contribution in [0.25, 0.3) is 66.6 Å². The second kappa shape index (κ2) is 13.6. The number of rotatable bonds is 5. The van der Waals surface area contributed by atoms with Gasteiger partial charge in [0.2, 0.25) is 0 Å². The van der Waals surface area contributed by atoms with E-state index in [1.165, 1.54) is 38.4 Å². The third-order valence-electron chi connectivity index (χ3n) is 13.8. The molecule has 0 N–H and O–H groups in total. The van der Waals surface area contributed by atoms with E-state index in [1.807, 2.05) is 0 Å². The lowest BCUT2D eigenvalue weighted by Gasteiger charge is -2.29. The van der Waals surface area contributed by atoms with Crippen molar-refractivity contribution in [2.45, 2.75) is 23.9 Å². The highest BCUT2D eigenvalue weighted by Crippen LogP contribution is 2.53. The summed E-state index contributed by atoms with van der Waals surface area (Å²) in [6.07, 6.45) is 18.0. The fraction of sp³-hybridized carbons (Fsp3) is 0.0702. The van der Waals surface area contributed by atoms with Crippen molar-refractivity contribution >= 4 is 66.6 Å². The van der Waals surface area contributed by atoms with Crippen LogP contribution in [-0.2, 0) is 0 Å². The van der Waals surface area contributed by atoms with Crippen molar-refractivity contribution in [3.63, 3.8) is 0 Å². The Balaban J connectivity index is 0.945. The fourth-order valence-corrected chi connectivity index (χ4v) is 11.1. The minimum atomic E-state index is 0.0279. The van der Waals surface area contributed by atoms with Crippen LogP contribution < -0.4 is 9.80 Å². The van der Waals surface area contributed by atoms with Crippen LogP contribution in [0.4, 0.5) is 23.0 Å². The van der Waals surface area contributed by atoms with E-state index in [0.717, 1.165) is 62.4 Å². The van der Waals surface area contributed by atoms with Gasteiger partial charge in [0.15, 0.2) is 0 Å². The molecule has 7 heteroatoms. The van der Waals surface area contributed by atoms with Gasteiger partial charge in [-0.1, -0.05) is 152 Å². The van der Waals surface area contributed by atoms with E-state index in [1.54, 1.807) is 0 Å². The molecule has 5 aromatic heterocycles. The Bertz CT molecular complexity index is 3640. The van der Waals surface area contributed by atoms with Gasteiger partial charge in [0.1, 0.15) is 23.3 Å². The number of fused-ring (bicyclic) bond motifs is 13. The predicted molar refractivity (Wildman–Crippen MR) is 261 cm³/mol. The number of allylic oxidation sites excluding steroid dienone is 4. The number of benzene rings is 5. The molecule has 64 heavy (non-hydrogen) atoms. The summed E-state index contributed by atoms with van der Waals surface area (Å²) in [4.78, 5) is 21.3. The zero-order valence-corrected chi connectivity index (χ0v) is 34.6. The summed E-state index contributed by atoms with van der Waals surface area (Å²) in [6, 6.07) is 58.6. The van der Waals surface area contributed by atoms with Crippen molar-refractivity contribution in [3.05, 3.63) is 224 Å². The van der Waals surface area contributed by atoms with Crippen molar-refractivity contribution in [2.24, 2.45) is 0 Å². The maximum Gasteiger partial charge on any atom is 0.140 e. The van der Waals surface area contributed by atoms with Gasteiger partial charge in [-0.05, 0) is 71.8 Å². The molecule has 0 amide bonds. The van der Waals surface area contributed by atoms with Gasteiger partial charge in [-0.15, -0.1) is 0 Å². The van der Waals surface area contributed by atoms with Crippen LogP contribution in [0.3, 0.4) is 0 Å². The van der Waals surface area contributed by atoms with Gasteiger partial charge in [0, 0.05) is 39.1 Å². The molecule has 302 valence electrons. The van der Waals surface area contributed by atoms with Gasteiger partial charge in [0.05, 0.1) is 51.2 Å². The maximum absolute atomic E-state index is 5.58. The molecule has 7 heterocycles. The van der Waals surface area contributed by atoms with Gasteiger partial charge in [-0.2, -0.15) is 0 Å². The zero-order chi connectivity index (χ0) is 41.9. The lowest BCUT2D eigenvalue weighted by Crippen LogP contribution is -2.29. The standard InChI is InChI=1S/C57H39N7/c1-7-24-46-36(16-1)37-17-2-8-25-47(37)61(46)52-30-13-22-44(58-52)45-23-14-31-53(59-45)63-50-28-11-5-20-40(50)42-34-35-43-41-21-6-12-29-51(41)64(57(43)56(42)63)55-33-15-32-54(60-55)62-48-26-9-3-18-38(48)39-19-4-10-27-49(39)62/h1-35,38,40,48,50H. The number of nitrogens with zero attached hydrogens (tertiary/aromatic N) is 7. The number of hydrogen-bond donors (Lipinski definition) is 0. The molecule has 4 unspecified atom stereocenters. The maximum atomic E-state index is 5.58. The molecule has 0 saturated carbocycles. The average molecular weight is 822 g/mol. The summed E-state index contributed by atoms with van der Waals surface area (Å²) >= 11 is 0. The molecule has 10 aromatic rings. The molecule has 4 aliphatic rings. The van der Waals surface area contributed by atoms with E-state index in [2.05, 4.69) is 231 Å². The summed E-state index contributed by atoms with van der Waals surface area (Å²) in [7, 11) is 0. The highest BCUT2D eigenvalue weighted by molar-refractivity contribution is 6.15. The van der Waals surface area contributed by atoms with Crippen LogP contribution in [0.2, 0.25) is 0 Å². The summed E-state index contributed by atoms with van der Waals surface area (Å²) in [6.45, 7) is 0.